The molecular weight excluding hydrogens is 536 g/mol. The van der Waals surface area contributed by atoms with Crippen LogP contribution in [0.1, 0.15) is 0 Å². The first-order chi connectivity index (χ1) is 15.4. The van der Waals surface area contributed by atoms with Crippen LogP contribution in [-0.2, 0) is 49.0 Å². The maximum absolute atomic E-state index is 11.3. The normalized spacial score (nSPS) is 34.1. The highest BCUT2D eigenvalue weighted by Gasteiger charge is 2.46. The van der Waals surface area contributed by atoms with E-state index in [0.717, 1.165) is 4.90 Å². The molecule has 2 fully saturated rings. The Balaban J connectivity index is 2.41. The van der Waals surface area contributed by atoms with Crippen LogP contribution in [0.4, 0.5) is 0 Å². The van der Waals surface area contributed by atoms with Crippen LogP contribution in [0.3, 0.4) is 0 Å². The molecule has 0 amide bonds. The quantitative estimate of drug-likeness (QED) is 0.166. The topological polar surface area (TPSA) is 295 Å². The second kappa shape index (κ2) is 10.9. The van der Waals surface area contributed by atoms with Gasteiger partial charge in [-0.3, -0.25) is 13.3 Å². The van der Waals surface area contributed by atoms with Crippen molar-refractivity contribution in [1.29, 1.82) is 0 Å². The number of carbonyl (C=O) groups excluding carboxylic acids is 1. The molecule has 200 valence electrons. The third-order valence-electron chi connectivity index (χ3n) is 5.17. The molecule has 0 aromatic carbocycles. The zero-order chi connectivity index (χ0) is 26.1. The number of β-amino-alcohol motifs (C(OH)–C–C–N with tert-alkyl or cyclic N) is 1. The highest BCUT2D eigenvalue weighted by atomic mass is 32.3. The summed E-state index contributed by atoms with van der Waals surface area (Å²) < 4.78 is 115. The van der Waals surface area contributed by atoms with Crippen molar-refractivity contribution in [2.45, 2.75) is 30.5 Å². The maximum atomic E-state index is 11.3. The lowest BCUT2D eigenvalue weighted by molar-refractivity contribution is -0.317. The Labute approximate surface area is 194 Å². The molecule has 2 heterocycles. The van der Waals surface area contributed by atoms with Gasteiger partial charge in [0, 0.05) is 37.4 Å². The van der Waals surface area contributed by atoms with Crippen LogP contribution >= 0.6 is 0 Å². The number of carboxylic acids is 1. The van der Waals surface area contributed by atoms with E-state index in [9.17, 15) is 59.0 Å². The predicted molar refractivity (Wildman–Crippen MR) is 97.0 cm³/mol. The zero-order valence-electron chi connectivity index (χ0n) is 16.9. The predicted octanol–water partition coefficient (Wildman–Crippen LogP) is -6.85. The monoisotopic (exact) mass is 556 g/mol. The summed E-state index contributed by atoms with van der Waals surface area (Å²) in [6.45, 7) is -3.39. The number of nitrogens with zero attached hydrogens (tertiary/aromatic N) is 1. The molecule has 18 nitrogen and oxygen atoms in total. The van der Waals surface area contributed by atoms with Gasteiger partial charge >= 0.3 is 0 Å². The minimum Gasteiger partial charge on any atom is -0.735 e. The molecule has 0 aromatic heterocycles. The average Bonchev–Trinajstić information content (AvgIpc) is 2.63. The highest BCUT2D eigenvalue weighted by Crippen LogP contribution is 2.29. The number of hydrogen-bond donors (Lipinski definition) is 3. The molecule has 2 aliphatic heterocycles. The lowest BCUT2D eigenvalue weighted by Gasteiger charge is -2.46. The number of aliphatic carboxylic acids is 1. The highest BCUT2D eigenvalue weighted by molar-refractivity contribution is 7.83. The van der Waals surface area contributed by atoms with Crippen molar-refractivity contribution in [3.8, 4) is 0 Å². The number of aliphatic hydroxyl groups is 2. The standard InChI is InChI=1S/C13H24N2O16S3/c16-9-3-15(2-7(11(9)17)13(18)19)1-6-10(5-30-33(23,24)25)29-4-8(14-32(20,21)22)12(6)31-34(26,27)28/h6-12,14,16-17H,1-5H2,(H,18,19)(H,20,21,22)(H,23,24,25)(H,26,27,28)/p-4/t6-,7?,8?,9-,10?,11+,12+/m0/s1. The van der Waals surface area contributed by atoms with Crippen molar-refractivity contribution in [2.24, 2.45) is 11.8 Å². The summed E-state index contributed by atoms with van der Waals surface area (Å²) in [6.07, 6.45) is -6.96. The number of carboxylic acid groups (broad SMARTS) is 1. The van der Waals surface area contributed by atoms with Crippen molar-refractivity contribution in [3.63, 3.8) is 0 Å². The lowest BCUT2D eigenvalue weighted by atomic mass is 9.86. The number of nitrogens with one attached hydrogen (secondary N) is 1. The van der Waals surface area contributed by atoms with Gasteiger partial charge in [0.2, 0.25) is 20.8 Å². The fourth-order valence-electron chi connectivity index (χ4n) is 3.82. The molecule has 0 radical (unpaired) electrons. The Morgan fingerprint density at radius 2 is 1.68 bits per heavy atom. The molecule has 3 unspecified atom stereocenters. The number of ether oxygens (including phenoxy) is 1. The number of hydrogen-bond acceptors (Lipinski definition) is 17. The molecule has 0 bridgehead atoms. The average molecular weight is 557 g/mol. The number of aliphatic hydroxyl groups excluding tert-OH is 2. The van der Waals surface area contributed by atoms with E-state index >= 15 is 0 Å². The van der Waals surface area contributed by atoms with Gasteiger partial charge in [-0.25, -0.2) is 30.0 Å². The molecule has 0 aliphatic carbocycles. The van der Waals surface area contributed by atoms with Crippen molar-refractivity contribution in [1.82, 2.24) is 9.62 Å². The van der Waals surface area contributed by atoms with Gasteiger partial charge in [0.15, 0.2) is 10.3 Å². The molecule has 21 heteroatoms. The van der Waals surface area contributed by atoms with Crippen LogP contribution < -0.4 is 9.83 Å². The fourth-order valence-corrected chi connectivity index (χ4v) is 5.25. The van der Waals surface area contributed by atoms with Gasteiger partial charge in [-0.05, 0) is 0 Å². The Morgan fingerprint density at radius 1 is 1.06 bits per heavy atom. The Kier molecular flexibility index (Phi) is 9.34. The van der Waals surface area contributed by atoms with Crippen LogP contribution in [-0.4, -0.2) is 123 Å². The molecule has 2 saturated heterocycles. The molecule has 34 heavy (non-hydrogen) atoms. The number of likely N-dealkylation sites (tertiary alicyclic amines) is 1. The van der Waals surface area contributed by atoms with Gasteiger partial charge in [0.05, 0.1) is 37.6 Å². The van der Waals surface area contributed by atoms with Crippen LogP contribution in [0.5, 0.6) is 0 Å². The van der Waals surface area contributed by atoms with Crippen LogP contribution in [0.15, 0.2) is 0 Å². The Morgan fingerprint density at radius 3 is 2.18 bits per heavy atom. The first-order valence-electron chi connectivity index (χ1n) is 9.24. The summed E-state index contributed by atoms with van der Waals surface area (Å²) in [7, 11) is -16.1. The first-order valence-corrected chi connectivity index (χ1v) is 13.3. The second-order valence-electron chi connectivity index (χ2n) is 7.58. The molecule has 0 spiro atoms. The summed E-state index contributed by atoms with van der Waals surface area (Å²) in [5.41, 5.74) is 0. The largest absolute Gasteiger partial charge is 0.735 e. The fraction of sp³-hybridized carbons (Fsp3) is 0.923. The van der Waals surface area contributed by atoms with Gasteiger partial charge in [-0.2, -0.15) is 0 Å². The molecule has 3 N–H and O–H groups in total. The smallest absolute Gasteiger partial charge is 0.217 e. The van der Waals surface area contributed by atoms with E-state index < -0.39 is 112 Å². The third-order valence-corrected chi connectivity index (χ3v) is 6.64. The van der Waals surface area contributed by atoms with Crippen LogP contribution in [0.25, 0.3) is 0 Å². The molecule has 2 aliphatic rings. The van der Waals surface area contributed by atoms with Crippen LogP contribution in [0.2, 0.25) is 0 Å². The van der Waals surface area contributed by atoms with Crippen molar-refractivity contribution in [3.05, 3.63) is 0 Å². The van der Waals surface area contributed by atoms with E-state index in [0.29, 0.717) is 0 Å². The number of rotatable bonds is 10. The van der Waals surface area contributed by atoms with E-state index in [1.165, 1.54) is 4.72 Å². The Hall–Kier alpha value is -1.08. The van der Waals surface area contributed by atoms with Crippen molar-refractivity contribution in [2.75, 3.05) is 32.8 Å². The minimum absolute atomic E-state index is 0.427. The Bertz CT molecular complexity index is 1050. The van der Waals surface area contributed by atoms with Crippen molar-refractivity contribution >= 4 is 37.1 Å². The van der Waals surface area contributed by atoms with E-state index in [2.05, 4.69) is 8.37 Å². The van der Waals surface area contributed by atoms with E-state index in [-0.39, 0.29) is 0 Å². The van der Waals surface area contributed by atoms with E-state index in [4.69, 9.17) is 4.74 Å². The SMILES string of the molecule is O=C([O-])C1CN(C[C@H]2C(COS(=O)(=O)[O-])OCC(NS(=O)(=O)[O-])[C@@H]2OS(=O)(=O)[O-])C[C@H](O)[C@@H]1O. The summed E-state index contributed by atoms with van der Waals surface area (Å²) >= 11 is 0. The van der Waals surface area contributed by atoms with Gasteiger partial charge < -0.3 is 38.5 Å². The maximum Gasteiger partial charge on any atom is 0.217 e. The number of carbonyl (C=O) groups is 1. The van der Waals surface area contributed by atoms with E-state index in [1.807, 2.05) is 0 Å². The van der Waals surface area contributed by atoms with Gasteiger partial charge in [0.25, 0.3) is 0 Å². The second-order valence-corrected chi connectivity index (χ2v) is 10.8. The molecule has 0 saturated carbocycles. The molecule has 2 rings (SSSR count). The molecule has 7 atom stereocenters. The van der Waals surface area contributed by atoms with Crippen molar-refractivity contribution < 1.29 is 72.1 Å². The van der Waals surface area contributed by atoms with E-state index in [1.54, 1.807) is 0 Å². The minimum atomic E-state index is -5.57. The lowest BCUT2D eigenvalue weighted by Crippen LogP contribution is -2.63. The number of piperidine rings is 1. The zero-order valence-corrected chi connectivity index (χ0v) is 19.3. The first kappa shape index (κ1) is 29.2. The van der Waals surface area contributed by atoms with Gasteiger partial charge in [0.1, 0.15) is 6.10 Å². The van der Waals surface area contributed by atoms with Gasteiger partial charge in [-0.1, -0.05) is 0 Å². The summed E-state index contributed by atoms with van der Waals surface area (Å²) in [5.74, 6) is -4.94. The summed E-state index contributed by atoms with van der Waals surface area (Å²) in [4.78, 5) is 12.4. The molecule has 0 aromatic rings. The van der Waals surface area contributed by atoms with Crippen LogP contribution in [0, 0.1) is 11.8 Å². The third kappa shape index (κ3) is 8.85. The molecular formula is C13H20N2O16S3-4. The van der Waals surface area contributed by atoms with Gasteiger partial charge in [-0.15, -0.1) is 0 Å². The summed E-state index contributed by atoms with van der Waals surface area (Å²) in [5, 5.41) is 31.1. The summed E-state index contributed by atoms with van der Waals surface area (Å²) in [6, 6.07) is -1.80.